The molecule has 9 nitrogen and oxygen atoms in total. The highest BCUT2D eigenvalue weighted by Crippen LogP contribution is 2.38. The first kappa shape index (κ1) is 17.1. The number of anilines is 1. The van der Waals surface area contributed by atoms with Crippen LogP contribution in [0.25, 0.3) is 10.3 Å². The zero-order valence-corrected chi connectivity index (χ0v) is 14.2. The van der Waals surface area contributed by atoms with Gasteiger partial charge in [0.2, 0.25) is 5.95 Å². The monoisotopic (exact) mass is 355 g/mol. The van der Waals surface area contributed by atoms with Gasteiger partial charge in [-0.15, -0.1) is 0 Å². The van der Waals surface area contributed by atoms with E-state index >= 15 is 0 Å². The molecular formula is C14H21N5O4S. The maximum absolute atomic E-state index is 12.5. The molecule has 2 aromatic heterocycles. The van der Waals surface area contributed by atoms with Gasteiger partial charge in [-0.05, 0) is 19.8 Å². The van der Waals surface area contributed by atoms with Crippen LogP contribution in [0.1, 0.15) is 32.9 Å². The zero-order valence-electron chi connectivity index (χ0n) is 13.4. The van der Waals surface area contributed by atoms with Gasteiger partial charge in [-0.1, -0.05) is 18.3 Å². The predicted octanol–water partition coefficient (Wildman–Crippen LogP) is -0.250. The van der Waals surface area contributed by atoms with E-state index in [1.165, 1.54) is 4.57 Å². The number of ether oxygens (including phenoxy) is 1. The highest BCUT2D eigenvalue weighted by atomic mass is 32.1. The lowest BCUT2D eigenvalue weighted by atomic mass is 9.94. The summed E-state index contributed by atoms with van der Waals surface area (Å²) in [6, 6.07) is -0.259. The van der Waals surface area contributed by atoms with Crippen LogP contribution in [0.5, 0.6) is 0 Å². The lowest BCUT2D eigenvalue weighted by molar-refractivity contribution is -0.0664. The van der Waals surface area contributed by atoms with E-state index in [4.69, 9.17) is 16.2 Å². The minimum atomic E-state index is -0.689. The van der Waals surface area contributed by atoms with Crippen LogP contribution in [0.15, 0.2) is 9.59 Å². The molecule has 3 heterocycles. The Bertz CT molecular complexity index is 857. The smallest absolute Gasteiger partial charge is 0.311 e. The van der Waals surface area contributed by atoms with Crippen molar-refractivity contribution in [3.63, 3.8) is 0 Å². The number of hydrogen-bond acceptors (Lipinski definition) is 8. The largest absolute Gasteiger partial charge is 0.390 e. The van der Waals surface area contributed by atoms with Crippen molar-refractivity contribution in [1.29, 1.82) is 0 Å². The summed E-state index contributed by atoms with van der Waals surface area (Å²) < 4.78 is 7.48. The molecule has 0 spiro atoms. The molecule has 3 rings (SSSR count). The molecule has 1 saturated heterocycles. The van der Waals surface area contributed by atoms with Crippen LogP contribution in [0, 0.1) is 5.92 Å². The van der Waals surface area contributed by atoms with Gasteiger partial charge < -0.3 is 21.3 Å². The number of nitrogens with two attached hydrogens (primary N) is 2. The van der Waals surface area contributed by atoms with Crippen LogP contribution in [0.3, 0.4) is 0 Å². The van der Waals surface area contributed by atoms with Crippen LogP contribution >= 0.6 is 11.3 Å². The summed E-state index contributed by atoms with van der Waals surface area (Å²) in [4.78, 5) is 30.6. The first-order chi connectivity index (χ1) is 11.3. The molecule has 0 saturated carbocycles. The van der Waals surface area contributed by atoms with Gasteiger partial charge in [-0.3, -0.25) is 19.1 Å². The highest BCUT2D eigenvalue weighted by Gasteiger charge is 2.42. The third-order valence-electron chi connectivity index (χ3n) is 4.45. The maximum Gasteiger partial charge on any atom is 0.311 e. The molecule has 0 amide bonds. The Labute approximate surface area is 141 Å². The van der Waals surface area contributed by atoms with Gasteiger partial charge >= 0.3 is 4.87 Å². The lowest BCUT2D eigenvalue weighted by Gasteiger charge is -2.22. The first-order valence-corrected chi connectivity index (χ1v) is 8.65. The molecular weight excluding hydrogens is 334 g/mol. The Hall–Kier alpha value is -1.75. The Morgan fingerprint density at radius 1 is 1.54 bits per heavy atom. The van der Waals surface area contributed by atoms with E-state index in [-0.39, 0.29) is 33.1 Å². The molecule has 132 valence electrons. The van der Waals surface area contributed by atoms with Gasteiger partial charge in [0.05, 0.1) is 12.2 Å². The predicted molar refractivity (Wildman–Crippen MR) is 90.9 cm³/mol. The van der Waals surface area contributed by atoms with Gasteiger partial charge in [0, 0.05) is 12.0 Å². The first-order valence-electron chi connectivity index (χ1n) is 7.83. The van der Waals surface area contributed by atoms with Gasteiger partial charge in [0.25, 0.3) is 5.56 Å². The average Bonchev–Trinajstić information content (AvgIpc) is 3.07. The second kappa shape index (κ2) is 6.28. The van der Waals surface area contributed by atoms with Crippen LogP contribution < -0.4 is 21.9 Å². The van der Waals surface area contributed by atoms with Gasteiger partial charge in [0.15, 0.2) is 5.65 Å². The second-order valence-corrected chi connectivity index (χ2v) is 7.10. The number of nitrogens with zero attached hydrogens (tertiary/aromatic N) is 2. The third-order valence-corrected chi connectivity index (χ3v) is 5.40. The topological polar surface area (TPSA) is 149 Å². The highest BCUT2D eigenvalue weighted by molar-refractivity contribution is 7.16. The summed E-state index contributed by atoms with van der Waals surface area (Å²) in [5.74, 6) is -0.256. The van der Waals surface area contributed by atoms with Crippen LogP contribution in [0.2, 0.25) is 0 Å². The minimum Gasteiger partial charge on any atom is -0.390 e. The van der Waals surface area contributed by atoms with Gasteiger partial charge in [-0.25, -0.2) is 0 Å². The van der Waals surface area contributed by atoms with Crippen molar-refractivity contribution in [1.82, 2.24) is 14.5 Å². The maximum atomic E-state index is 12.5. The SMILES string of the molecule is CC[C@H](O)C1C[C@@H]([C@H](C)N)[C@H](n2c(=O)sc3c(=O)[nH]c(N)nc32)O1. The number of rotatable bonds is 4. The summed E-state index contributed by atoms with van der Waals surface area (Å²) in [6.45, 7) is 3.69. The third kappa shape index (κ3) is 2.75. The van der Waals surface area contributed by atoms with Crippen molar-refractivity contribution >= 4 is 27.6 Å². The molecule has 10 heteroatoms. The normalized spacial score (nSPS) is 26.8. The Morgan fingerprint density at radius 3 is 2.88 bits per heavy atom. The quantitative estimate of drug-likeness (QED) is 0.590. The van der Waals surface area contributed by atoms with Crippen LogP contribution in [0.4, 0.5) is 5.95 Å². The fourth-order valence-corrected chi connectivity index (χ4v) is 3.97. The summed E-state index contributed by atoms with van der Waals surface area (Å²) >= 11 is 0.792. The number of thiazole rings is 1. The number of aromatic amines is 1. The molecule has 6 N–H and O–H groups in total. The molecule has 0 aromatic carbocycles. The number of hydrogen-bond donors (Lipinski definition) is 4. The van der Waals surface area contributed by atoms with E-state index in [1.807, 2.05) is 13.8 Å². The van der Waals surface area contributed by atoms with Crippen molar-refractivity contribution in [3.8, 4) is 0 Å². The number of fused-ring (bicyclic) bond motifs is 1. The van der Waals surface area contributed by atoms with Crippen molar-refractivity contribution in [2.24, 2.45) is 11.7 Å². The fourth-order valence-electron chi connectivity index (χ4n) is 3.13. The van der Waals surface area contributed by atoms with Crippen molar-refractivity contribution in [2.45, 2.75) is 51.2 Å². The molecule has 0 bridgehead atoms. The number of nitrogens with one attached hydrogen (secondary N) is 1. The number of aromatic nitrogens is 3. The number of H-pyrrole nitrogens is 1. The van der Waals surface area contributed by atoms with E-state index in [1.54, 1.807) is 0 Å². The molecule has 1 unspecified atom stereocenters. The second-order valence-electron chi connectivity index (χ2n) is 6.14. The molecule has 1 aliphatic rings. The molecule has 0 aliphatic carbocycles. The summed E-state index contributed by atoms with van der Waals surface area (Å²) in [5, 5.41) is 10.1. The Balaban J connectivity index is 2.13. The van der Waals surface area contributed by atoms with E-state index in [0.717, 1.165) is 11.3 Å². The van der Waals surface area contributed by atoms with Gasteiger partial charge in [-0.2, -0.15) is 4.98 Å². The van der Waals surface area contributed by atoms with E-state index < -0.39 is 24.0 Å². The lowest BCUT2D eigenvalue weighted by Crippen LogP contribution is -2.34. The standard InChI is InChI=1S/C14H21N5O4S/c1-3-7(20)8-4-6(5(2)15)12(23-8)19-10-9(24-14(19)22)11(21)18-13(16)17-10/h5-8,12,20H,3-4,15H2,1-2H3,(H3,16,17,18,21)/t5-,6-,7-,8?,12+/m0/s1. The van der Waals surface area contributed by atoms with Crippen LogP contribution in [-0.4, -0.2) is 37.9 Å². The number of aliphatic hydroxyl groups is 1. The van der Waals surface area contributed by atoms with Crippen molar-refractivity contribution < 1.29 is 9.84 Å². The summed E-state index contributed by atoms with van der Waals surface area (Å²) in [7, 11) is 0. The van der Waals surface area contributed by atoms with Crippen LogP contribution in [-0.2, 0) is 4.74 Å². The molecule has 1 aliphatic heterocycles. The fraction of sp³-hybridized carbons (Fsp3) is 0.643. The molecule has 24 heavy (non-hydrogen) atoms. The average molecular weight is 355 g/mol. The van der Waals surface area contributed by atoms with E-state index in [2.05, 4.69) is 9.97 Å². The number of aliphatic hydroxyl groups excluding tert-OH is 1. The minimum absolute atomic E-state index is 0.0699. The van der Waals surface area contributed by atoms with Crippen molar-refractivity contribution in [2.75, 3.05) is 5.73 Å². The Morgan fingerprint density at radius 2 is 2.25 bits per heavy atom. The van der Waals surface area contributed by atoms with Crippen molar-refractivity contribution in [3.05, 3.63) is 20.0 Å². The summed E-state index contributed by atoms with van der Waals surface area (Å²) in [6.07, 6.45) is -0.686. The van der Waals surface area contributed by atoms with E-state index in [9.17, 15) is 14.7 Å². The molecule has 0 radical (unpaired) electrons. The molecule has 2 aromatic rings. The Kier molecular flexibility index (Phi) is 4.47. The van der Waals surface area contributed by atoms with E-state index in [0.29, 0.717) is 12.8 Å². The molecule has 1 fully saturated rings. The summed E-state index contributed by atoms with van der Waals surface area (Å²) in [5.41, 5.74) is 11.4. The van der Waals surface area contributed by atoms with Gasteiger partial charge in [0.1, 0.15) is 10.9 Å². The molecule has 5 atom stereocenters. The number of nitrogen functional groups attached to an aromatic ring is 1. The zero-order chi connectivity index (χ0) is 17.6.